The van der Waals surface area contributed by atoms with Crippen molar-refractivity contribution in [2.45, 2.75) is 43.8 Å². The Balaban J connectivity index is 2.30. The SMILES string of the molecule is CC(C)(C)n1c(SCC(=O)O)nnc1C1CCOC1. The molecule has 1 N–H and O–H groups in total. The first-order valence-corrected chi connectivity index (χ1v) is 7.26. The summed E-state index contributed by atoms with van der Waals surface area (Å²) in [6.07, 6.45) is 0.942. The lowest BCUT2D eigenvalue weighted by molar-refractivity contribution is -0.133. The van der Waals surface area contributed by atoms with E-state index in [-0.39, 0.29) is 17.2 Å². The molecule has 1 aromatic heterocycles. The molecule has 0 amide bonds. The van der Waals surface area contributed by atoms with Crippen molar-refractivity contribution in [3.63, 3.8) is 0 Å². The first-order chi connectivity index (χ1) is 8.89. The molecule has 1 atom stereocenters. The fraction of sp³-hybridized carbons (Fsp3) is 0.750. The molecule has 1 aliphatic heterocycles. The first-order valence-electron chi connectivity index (χ1n) is 6.27. The standard InChI is InChI=1S/C12H19N3O3S/c1-12(2,3)15-10(8-4-5-18-6-8)13-14-11(15)19-7-9(16)17/h8H,4-7H2,1-3H3,(H,16,17). The Morgan fingerprint density at radius 3 is 2.79 bits per heavy atom. The summed E-state index contributed by atoms with van der Waals surface area (Å²) >= 11 is 1.21. The molecule has 1 unspecified atom stereocenters. The number of aliphatic carboxylic acids is 1. The van der Waals surface area contributed by atoms with Crippen molar-refractivity contribution in [3.8, 4) is 0 Å². The topological polar surface area (TPSA) is 77.2 Å². The quantitative estimate of drug-likeness (QED) is 0.849. The zero-order chi connectivity index (χ0) is 14.0. The number of aromatic nitrogens is 3. The zero-order valence-electron chi connectivity index (χ0n) is 11.4. The van der Waals surface area contributed by atoms with Gasteiger partial charge in [0.15, 0.2) is 5.16 Å². The van der Waals surface area contributed by atoms with E-state index < -0.39 is 5.97 Å². The number of nitrogens with zero attached hydrogens (tertiary/aromatic N) is 3. The predicted octanol–water partition coefficient (Wildman–Crippen LogP) is 1.71. The number of rotatable bonds is 4. The van der Waals surface area contributed by atoms with Gasteiger partial charge in [-0.15, -0.1) is 10.2 Å². The van der Waals surface area contributed by atoms with Crippen LogP contribution >= 0.6 is 11.8 Å². The third-order valence-corrected chi connectivity index (χ3v) is 3.86. The Labute approximate surface area is 116 Å². The van der Waals surface area contributed by atoms with Crippen molar-refractivity contribution in [2.24, 2.45) is 0 Å². The van der Waals surface area contributed by atoms with Crippen LogP contribution in [0.1, 0.15) is 38.9 Å². The van der Waals surface area contributed by atoms with Gasteiger partial charge >= 0.3 is 5.97 Å². The van der Waals surface area contributed by atoms with Crippen LogP contribution < -0.4 is 0 Å². The fourth-order valence-electron chi connectivity index (χ4n) is 2.13. The van der Waals surface area contributed by atoms with Gasteiger partial charge in [0.05, 0.1) is 12.4 Å². The second-order valence-corrected chi connectivity index (χ2v) is 6.53. The van der Waals surface area contributed by atoms with Crippen LogP contribution in [-0.4, -0.2) is 44.8 Å². The van der Waals surface area contributed by atoms with Crippen LogP contribution in [0.5, 0.6) is 0 Å². The number of carbonyl (C=O) groups is 1. The molecule has 1 fully saturated rings. The molecule has 0 aromatic carbocycles. The largest absolute Gasteiger partial charge is 0.481 e. The second-order valence-electron chi connectivity index (χ2n) is 5.59. The Morgan fingerprint density at radius 1 is 1.53 bits per heavy atom. The minimum Gasteiger partial charge on any atom is -0.481 e. The van der Waals surface area contributed by atoms with Gasteiger partial charge in [0.2, 0.25) is 0 Å². The first kappa shape index (κ1) is 14.3. The molecule has 1 aromatic rings. The van der Waals surface area contributed by atoms with Crippen LogP contribution in [-0.2, 0) is 15.1 Å². The summed E-state index contributed by atoms with van der Waals surface area (Å²) in [6.45, 7) is 7.62. The molecule has 7 heteroatoms. The van der Waals surface area contributed by atoms with Gasteiger partial charge in [0.25, 0.3) is 0 Å². The Hall–Kier alpha value is -1.08. The molecule has 0 bridgehead atoms. The van der Waals surface area contributed by atoms with Gasteiger partial charge in [-0.25, -0.2) is 0 Å². The van der Waals surface area contributed by atoms with E-state index in [4.69, 9.17) is 9.84 Å². The summed E-state index contributed by atoms with van der Waals surface area (Å²) in [5.41, 5.74) is -0.178. The van der Waals surface area contributed by atoms with Crippen molar-refractivity contribution in [1.29, 1.82) is 0 Å². The van der Waals surface area contributed by atoms with Gasteiger partial charge in [0.1, 0.15) is 5.82 Å². The van der Waals surface area contributed by atoms with E-state index in [1.54, 1.807) is 0 Å². The number of hydrogen-bond acceptors (Lipinski definition) is 5. The fourth-order valence-corrected chi connectivity index (χ4v) is 2.98. The van der Waals surface area contributed by atoms with Gasteiger partial charge in [-0.1, -0.05) is 11.8 Å². The van der Waals surface area contributed by atoms with Crippen LogP contribution in [0.3, 0.4) is 0 Å². The molecular formula is C12H19N3O3S. The Bertz CT molecular complexity index is 461. The Morgan fingerprint density at radius 2 is 2.26 bits per heavy atom. The van der Waals surface area contributed by atoms with Gasteiger partial charge in [-0.3, -0.25) is 4.79 Å². The van der Waals surface area contributed by atoms with Crippen molar-refractivity contribution in [3.05, 3.63) is 5.82 Å². The lowest BCUT2D eigenvalue weighted by atomic mass is 10.0. The maximum absolute atomic E-state index is 10.7. The monoisotopic (exact) mass is 285 g/mol. The average molecular weight is 285 g/mol. The van der Waals surface area contributed by atoms with Crippen molar-refractivity contribution >= 4 is 17.7 Å². The highest BCUT2D eigenvalue weighted by Gasteiger charge is 2.30. The Kier molecular flexibility index (Phi) is 4.15. The van der Waals surface area contributed by atoms with Gasteiger partial charge < -0.3 is 14.4 Å². The van der Waals surface area contributed by atoms with Gasteiger partial charge in [-0.05, 0) is 27.2 Å². The maximum atomic E-state index is 10.7. The lowest BCUT2D eigenvalue weighted by Crippen LogP contribution is -2.26. The molecule has 1 aliphatic rings. The number of ether oxygens (including phenoxy) is 1. The smallest absolute Gasteiger partial charge is 0.313 e. The minimum absolute atomic E-state index is 0.00458. The minimum atomic E-state index is -0.848. The van der Waals surface area contributed by atoms with Crippen molar-refractivity contribution < 1.29 is 14.6 Å². The molecule has 0 saturated carbocycles. The van der Waals surface area contributed by atoms with Crippen LogP contribution in [0.2, 0.25) is 0 Å². The number of thioether (sulfide) groups is 1. The van der Waals surface area contributed by atoms with E-state index in [1.165, 1.54) is 11.8 Å². The summed E-state index contributed by atoms with van der Waals surface area (Å²) in [4.78, 5) is 10.7. The van der Waals surface area contributed by atoms with Crippen LogP contribution in [0.4, 0.5) is 0 Å². The van der Waals surface area contributed by atoms with E-state index in [0.29, 0.717) is 11.8 Å². The van der Waals surface area contributed by atoms with Crippen LogP contribution in [0, 0.1) is 0 Å². The maximum Gasteiger partial charge on any atom is 0.313 e. The van der Waals surface area contributed by atoms with Gasteiger partial charge in [0, 0.05) is 18.1 Å². The van der Waals surface area contributed by atoms with E-state index in [1.807, 2.05) is 4.57 Å². The van der Waals surface area contributed by atoms with E-state index in [9.17, 15) is 4.79 Å². The average Bonchev–Trinajstić information content (AvgIpc) is 2.93. The number of carboxylic acids is 1. The highest BCUT2D eigenvalue weighted by Crippen LogP contribution is 2.32. The molecule has 0 aliphatic carbocycles. The zero-order valence-corrected chi connectivity index (χ0v) is 12.2. The van der Waals surface area contributed by atoms with E-state index >= 15 is 0 Å². The van der Waals surface area contributed by atoms with E-state index in [2.05, 4.69) is 31.0 Å². The van der Waals surface area contributed by atoms with E-state index in [0.717, 1.165) is 18.9 Å². The summed E-state index contributed by atoms with van der Waals surface area (Å²) in [7, 11) is 0. The normalized spacial score (nSPS) is 19.8. The predicted molar refractivity (Wildman–Crippen MR) is 71.6 cm³/mol. The summed E-state index contributed by atoms with van der Waals surface area (Å²) in [5.74, 6) is 0.304. The highest BCUT2D eigenvalue weighted by atomic mass is 32.2. The lowest BCUT2D eigenvalue weighted by Gasteiger charge is -2.26. The second kappa shape index (κ2) is 5.50. The third kappa shape index (κ3) is 3.27. The third-order valence-electron chi connectivity index (χ3n) is 2.95. The number of hydrogen-bond donors (Lipinski definition) is 1. The highest BCUT2D eigenvalue weighted by molar-refractivity contribution is 7.99. The summed E-state index contributed by atoms with van der Waals surface area (Å²) in [6, 6.07) is 0. The molecule has 1 saturated heterocycles. The van der Waals surface area contributed by atoms with Gasteiger partial charge in [-0.2, -0.15) is 0 Å². The molecule has 6 nitrogen and oxygen atoms in total. The van der Waals surface area contributed by atoms with Crippen molar-refractivity contribution in [1.82, 2.24) is 14.8 Å². The van der Waals surface area contributed by atoms with Crippen LogP contribution in [0.15, 0.2) is 5.16 Å². The summed E-state index contributed by atoms with van der Waals surface area (Å²) < 4.78 is 7.45. The molecule has 2 heterocycles. The number of carboxylic acid groups (broad SMARTS) is 1. The van der Waals surface area contributed by atoms with Crippen molar-refractivity contribution in [2.75, 3.05) is 19.0 Å². The van der Waals surface area contributed by atoms with Crippen LogP contribution in [0.25, 0.3) is 0 Å². The summed E-state index contributed by atoms with van der Waals surface area (Å²) in [5, 5.41) is 17.9. The molecule has 2 rings (SSSR count). The molecule has 0 spiro atoms. The molecule has 106 valence electrons. The molecule has 19 heavy (non-hydrogen) atoms. The molecular weight excluding hydrogens is 266 g/mol. The molecule has 0 radical (unpaired) electrons.